The molecule has 2 heteroatoms. The molecule has 0 aromatic heterocycles. The molecule has 1 saturated heterocycles. The molecule has 1 rings (SSSR count). The van der Waals surface area contributed by atoms with Crippen molar-refractivity contribution in [3.63, 3.8) is 0 Å². The highest BCUT2D eigenvalue weighted by atomic mass is 16.5. The van der Waals surface area contributed by atoms with E-state index in [-0.39, 0.29) is 0 Å². The van der Waals surface area contributed by atoms with Gasteiger partial charge in [0.15, 0.2) is 0 Å². The summed E-state index contributed by atoms with van der Waals surface area (Å²) in [6.45, 7) is 9.82. The molecule has 0 saturated carbocycles. The van der Waals surface area contributed by atoms with Gasteiger partial charge in [0.05, 0.1) is 12.7 Å². The first-order chi connectivity index (χ1) is 6.38. The zero-order valence-corrected chi connectivity index (χ0v) is 10.0. The van der Waals surface area contributed by atoms with Crippen LogP contribution in [0.3, 0.4) is 0 Å². The average Bonchev–Trinajstić information content (AvgIpc) is 2.46. The van der Waals surface area contributed by atoms with Crippen molar-refractivity contribution in [1.82, 2.24) is 0 Å². The molecule has 14 heavy (non-hydrogen) atoms. The van der Waals surface area contributed by atoms with E-state index in [9.17, 15) is 0 Å². The maximum Gasteiger partial charge on any atom is 0.0551 e. The van der Waals surface area contributed by atoms with Crippen LogP contribution in [0.1, 0.15) is 47.0 Å². The standard InChI is InChI=1S/C12H25NO/c1-9-7-10(8-14-9)11(13)5-6-12(2,3)4/h9-11H,5-8,13H2,1-4H3. The molecule has 1 aliphatic rings. The SMILES string of the molecule is CC1CC(C(N)CCC(C)(C)C)CO1. The lowest BCUT2D eigenvalue weighted by Gasteiger charge is -2.23. The van der Waals surface area contributed by atoms with Crippen LogP contribution in [-0.4, -0.2) is 18.8 Å². The highest BCUT2D eigenvalue weighted by Gasteiger charge is 2.27. The van der Waals surface area contributed by atoms with Gasteiger partial charge in [-0.15, -0.1) is 0 Å². The first kappa shape index (κ1) is 12.0. The van der Waals surface area contributed by atoms with E-state index in [0.29, 0.717) is 23.5 Å². The molecule has 1 aliphatic heterocycles. The second-order valence-corrected chi connectivity index (χ2v) is 5.90. The highest BCUT2D eigenvalue weighted by molar-refractivity contribution is 4.80. The smallest absolute Gasteiger partial charge is 0.0551 e. The third kappa shape index (κ3) is 3.97. The molecule has 84 valence electrons. The molecule has 0 aromatic rings. The van der Waals surface area contributed by atoms with Gasteiger partial charge in [0.25, 0.3) is 0 Å². The average molecular weight is 199 g/mol. The first-order valence-corrected chi connectivity index (χ1v) is 5.75. The van der Waals surface area contributed by atoms with Crippen LogP contribution in [0.15, 0.2) is 0 Å². The van der Waals surface area contributed by atoms with Gasteiger partial charge in [0.1, 0.15) is 0 Å². The van der Waals surface area contributed by atoms with Gasteiger partial charge < -0.3 is 10.5 Å². The Hall–Kier alpha value is -0.0800. The van der Waals surface area contributed by atoms with Crippen molar-refractivity contribution >= 4 is 0 Å². The molecule has 0 aliphatic carbocycles. The fraction of sp³-hybridized carbons (Fsp3) is 1.00. The lowest BCUT2D eigenvalue weighted by Crippen LogP contribution is -2.31. The first-order valence-electron chi connectivity index (χ1n) is 5.75. The van der Waals surface area contributed by atoms with Crippen LogP contribution in [0.25, 0.3) is 0 Å². The van der Waals surface area contributed by atoms with Crippen molar-refractivity contribution in [2.24, 2.45) is 17.1 Å². The van der Waals surface area contributed by atoms with E-state index < -0.39 is 0 Å². The maximum atomic E-state index is 6.17. The van der Waals surface area contributed by atoms with Gasteiger partial charge in [0, 0.05) is 6.04 Å². The summed E-state index contributed by atoms with van der Waals surface area (Å²) in [5, 5.41) is 0. The summed E-state index contributed by atoms with van der Waals surface area (Å²) in [6, 6.07) is 0.333. The Labute approximate surface area is 88.2 Å². The second kappa shape index (κ2) is 4.63. The van der Waals surface area contributed by atoms with Crippen LogP contribution < -0.4 is 5.73 Å². The summed E-state index contributed by atoms with van der Waals surface area (Å²) in [6.07, 6.45) is 3.90. The van der Waals surface area contributed by atoms with Gasteiger partial charge in [-0.1, -0.05) is 20.8 Å². The molecule has 0 bridgehead atoms. The number of ether oxygens (including phenoxy) is 1. The molecular weight excluding hydrogens is 174 g/mol. The minimum Gasteiger partial charge on any atom is -0.378 e. The van der Waals surface area contributed by atoms with E-state index in [1.54, 1.807) is 0 Å². The third-order valence-electron chi connectivity index (χ3n) is 3.06. The molecule has 0 radical (unpaired) electrons. The molecule has 0 amide bonds. The highest BCUT2D eigenvalue weighted by Crippen LogP contribution is 2.27. The quantitative estimate of drug-likeness (QED) is 0.758. The summed E-state index contributed by atoms with van der Waals surface area (Å²) >= 11 is 0. The Morgan fingerprint density at radius 1 is 1.43 bits per heavy atom. The minimum absolute atomic E-state index is 0.333. The molecule has 0 aromatic carbocycles. The number of nitrogens with two attached hydrogens (primary N) is 1. The molecule has 3 unspecified atom stereocenters. The van der Waals surface area contributed by atoms with Crippen LogP contribution in [-0.2, 0) is 4.74 Å². The second-order valence-electron chi connectivity index (χ2n) is 5.90. The number of hydrogen-bond acceptors (Lipinski definition) is 2. The van der Waals surface area contributed by atoms with E-state index in [1.165, 1.54) is 6.42 Å². The van der Waals surface area contributed by atoms with Gasteiger partial charge in [-0.3, -0.25) is 0 Å². The normalized spacial score (nSPS) is 30.6. The van der Waals surface area contributed by atoms with Crippen LogP contribution in [0.4, 0.5) is 0 Å². The summed E-state index contributed by atoms with van der Waals surface area (Å²) in [5.41, 5.74) is 6.57. The molecular formula is C12H25NO. The van der Waals surface area contributed by atoms with E-state index in [2.05, 4.69) is 27.7 Å². The summed E-state index contributed by atoms with van der Waals surface area (Å²) < 4.78 is 5.54. The lowest BCUT2D eigenvalue weighted by atomic mass is 9.85. The Balaban J connectivity index is 2.25. The minimum atomic E-state index is 0.333. The van der Waals surface area contributed by atoms with Gasteiger partial charge in [0.2, 0.25) is 0 Å². The number of rotatable bonds is 3. The van der Waals surface area contributed by atoms with E-state index in [1.807, 2.05) is 0 Å². The molecule has 1 heterocycles. The monoisotopic (exact) mass is 199 g/mol. The molecule has 1 fully saturated rings. The van der Waals surface area contributed by atoms with Crippen LogP contribution >= 0.6 is 0 Å². The van der Waals surface area contributed by atoms with Crippen molar-refractivity contribution in [2.45, 2.75) is 59.1 Å². The molecule has 0 spiro atoms. The molecule has 3 atom stereocenters. The summed E-state index contributed by atoms with van der Waals surface area (Å²) in [4.78, 5) is 0. The number of hydrogen-bond donors (Lipinski definition) is 1. The lowest BCUT2D eigenvalue weighted by molar-refractivity contribution is 0.117. The van der Waals surface area contributed by atoms with E-state index >= 15 is 0 Å². The van der Waals surface area contributed by atoms with Crippen molar-refractivity contribution in [3.8, 4) is 0 Å². The van der Waals surface area contributed by atoms with Gasteiger partial charge in [-0.2, -0.15) is 0 Å². The Bertz CT molecular complexity index is 174. The van der Waals surface area contributed by atoms with E-state index in [0.717, 1.165) is 19.4 Å². The molecule has 2 N–H and O–H groups in total. The topological polar surface area (TPSA) is 35.2 Å². The zero-order valence-electron chi connectivity index (χ0n) is 10.0. The largest absolute Gasteiger partial charge is 0.378 e. The van der Waals surface area contributed by atoms with Gasteiger partial charge >= 0.3 is 0 Å². The van der Waals surface area contributed by atoms with Crippen molar-refractivity contribution < 1.29 is 4.74 Å². The van der Waals surface area contributed by atoms with Gasteiger partial charge in [-0.05, 0) is 37.5 Å². The van der Waals surface area contributed by atoms with Crippen molar-refractivity contribution in [1.29, 1.82) is 0 Å². The van der Waals surface area contributed by atoms with Crippen molar-refractivity contribution in [2.75, 3.05) is 6.61 Å². The van der Waals surface area contributed by atoms with Crippen molar-refractivity contribution in [3.05, 3.63) is 0 Å². The fourth-order valence-electron chi connectivity index (χ4n) is 1.98. The third-order valence-corrected chi connectivity index (χ3v) is 3.06. The molecule has 2 nitrogen and oxygen atoms in total. The predicted molar refractivity (Wildman–Crippen MR) is 60.2 cm³/mol. The Morgan fingerprint density at radius 3 is 2.50 bits per heavy atom. The fourth-order valence-corrected chi connectivity index (χ4v) is 1.98. The Morgan fingerprint density at radius 2 is 2.07 bits per heavy atom. The Kier molecular flexibility index (Phi) is 3.96. The summed E-state index contributed by atoms with van der Waals surface area (Å²) in [5.74, 6) is 0.590. The van der Waals surface area contributed by atoms with E-state index in [4.69, 9.17) is 10.5 Å². The van der Waals surface area contributed by atoms with Crippen LogP contribution in [0, 0.1) is 11.3 Å². The predicted octanol–water partition coefficient (Wildman–Crippen LogP) is 2.57. The van der Waals surface area contributed by atoms with Gasteiger partial charge in [-0.25, -0.2) is 0 Å². The maximum absolute atomic E-state index is 6.17. The zero-order chi connectivity index (χ0) is 10.8. The van der Waals surface area contributed by atoms with Crippen LogP contribution in [0.2, 0.25) is 0 Å². The summed E-state index contributed by atoms with van der Waals surface area (Å²) in [7, 11) is 0. The van der Waals surface area contributed by atoms with Crippen LogP contribution in [0.5, 0.6) is 0 Å².